The van der Waals surface area contributed by atoms with Gasteiger partial charge in [-0.3, -0.25) is 20.2 Å². The van der Waals surface area contributed by atoms with Crippen molar-refractivity contribution in [1.29, 1.82) is 0 Å². The van der Waals surface area contributed by atoms with Crippen LogP contribution in [0.5, 0.6) is 0 Å². The fourth-order valence-electron chi connectivity index (χ4n) is 4.03. The first-order valence-electron chi connectivity index (χ1n) is 10.9. The van der Waals surface area contributed by atoms with E-state index in [9.17, 15) is 24.5 Å². The predicted octanol–water partition coefficient (Wildman–Crippen LogP) is 3.63. The number of nitro groups is 1. The van der Waals surface area contributed by atoms with E-state index in [1.165, 1.54) is 19.2 Å². The van der Waals surface area contributed by atoms with Crippen molar-refractivity contribution in [2.45, 2.75) is 19.3 Å². The molecule has 10 heteroatoms. The number of non-ortho nitro benzene ring substituents is 1. The number of hydrogen-bond donors (Lipinski definition) is 2. The van der Waals surface area contributed by atoms with E-state index in [1.54, 1.807) is 30.3 Å². The number of hydrogen-bond acceptors (Lipinski definition) is 7. The lowest BCUT2D eigenvalue weighted by molar-refractivity contribution is -0.384. The van der Waals surface area contributed by atoms with Gasteiger partial charge in [-0.25, -0.2) is 14.6 Å². The minimum Gasteiger partial charge on any atom is -0.452 e. The van der Waals surface area contributed by atoms with Crippen LogP contribution in [0.15, 0.2) is 48.5 Å². The SMILES string of the molecule is CNC(=O)NC(=O)COC(=O)c1c2c(nc3ccccc13)C(=Cc1ccc([N+](=O)[O-])cc1)CCC2. The molecule has 178 valence electrons. The summed E-state index contributed by atoms with van der Waals surface area (Å²) in [5.74, 6) is -1.42. The van der Waals surface area contributed by atoms with E-state index < -0.39 is 29.4 Å². The van der Waals surface area contributed by atoms with Crippen molar-refractivity contribution in [3.05, 3.63) is 81.0 Å². The standard InChI is InChI=1S/C25H22N4O6/c1-26-25(32)28-21(30)14-35-24(31)22-18-6-2-3-8-20(18)27-23-16(5-4-7-19(22)23)13-15-9-11-17(12-10-15)29(33)34/h2-3,6,8-13H,4-5,7,14H2,1H3,(H2,26,28,30,32). The number of para-hydroxylation sites is 1. The van der Waals surface area contributed by atoms with E-state index in [0.717, 1.165) is 29.5 Å². The molecule has 2 aromatic carbocycles. The van der Waals surface area contributed by atoms with Crippen LogP contribution < -0.4 is 10.6 Å². The summed E-state index contributed by atoms with van der Waals surface area (Å²) in [6.45, 7) is -0.608. The highest BCUT2D eigenvalue weighted by atomic mass is 16.6. The predicted molar refractivity (Wildman–Crippen MR) is 129 cm³/mol. The highest BCUT2D eigenvalue weighted by Gasteiger charge is 2.26. The van der Waals surface area contributed by atoms with Gasteiger partial charge in [-0.2, -0.15) is 0 Å². The maximum atomic E-state index is 13.1. The van der Waals surface area contributed by atoms with Gasteiger partial charge in [-0.05, 0) is 60.2 Å². The van der Waals surface area contributed by atoms with Gasteiger partial charge in [-0.1, -0.05) is 18.2 Å². The molecule has 1 aliphatic carbocycles. The number of urea groups is 1. The fourth-order valence-corrected chi connectivity index (χ4v) is 4.03. The number of benzene rings is 2. The number of allylic oxidation sites excluding steroid dienone is 1. The number of imide groups is 1. The van der Waals surface area contributed by atoms with Crippen molar-refractivity contribution in [2.24, 2.45) is 0 Å². The van der Waals surface area contributed by atoms with Crippen molar-refractivity contribution in [1.82, 2.24) is 15.6 Å². The quantitative estimate of drug-likeness (QED) is 0.327. The highest BCUT2D eigenvalue weighted by Crippen LogP contribution is 2.36. The Morgan fingerprint density at radius 2 is 1.86 bits per heavy atom. The molecule has 0 spiro atoms. The van der Waals surface area contributed by atoms with Gasteiger partial charge in [0.25, 0.3) is 11.6 Å². The third-order valence-electron chi connectivity index (χ3n) is 5.63. The maximum Gasteiger partial charge on any atom is 0.339 e. The zero-order chi connectivity index (χ0) is 24.9. The van der Waals surface area contributed by atoms with Gasteiger partial charge >= 0.3 is 12.0 Å². The second-order valence-corrected chi connectivity index (χ2v) is 7.91. The second-order valence-electron chi connectivity index (χ2n) is 7.91. The number of nitro benzene ring substituents is 1. The molecule has 0 saturated carbocycles. The molecule has 1 aromatic heterocycles. The third kappa shape index (κ3) is 5.16. The van der Waals surface area contributed by atoms with Crippen LogP contribution in [0.25, 0.3) is 22.6 Å². The van der Waals surface area contributed by atoms with E-state index in [0.29, 0.717) is 28.6 Å². The van der Waals surface area contributed by atoms with Crippen LogP contribution in [0.3, 0.4) is 0 Å². The normalized spacial score (nSPS) is 13.7. The van der Waals surface area contributed by atoms with E-state index in [4.69, 9.17) is 9.72 Å². The number of pyridine rings is 1. The zero-order valence-electron chi connectivity index (χ0n) is 18.9. The van der Waals surface area contributed by atoms with Crippen LogP contribution in [0.1, 0.15) is 40.0 Å². The summed E-state index contributed by atoms with van der Waals surface area (Å²) in [4.78, 5) is 51.7. The summed E-state index contributed by atoms with van der Waals surface area (Å²) in [6, 6.07) is 12.7. The first kappa shape index (κ1) is 23.6. The highest BCUT2D eigenvalue weighted by molar-refractivity contribution is 6.07. The van der Waals surface area contributed by atoms with Gasteiger partial charge in [0.05, 0.1) is 21.7 Å². The number of carbonyl (C=O) groups excluding carboxylic acids is 3. The Bertz CT molecular complexity index is 1360. The van der Waals surface area contributed by atoms with Crippen molar-refractivity contribution < 1.29 is 24.0 Å². The molecule has 0 bridgehead atoms. The van der Waals surface area contributed by atoms with Crippen LogP contribution in [-0.2, 0) is 16.0 Å². The Morgan fingerprint density at radius 1 is 1.11 bits per heavy atom. The lowest BCUT2D eigenvalue weighted by Gasteiger charge is -2.22. The molecule has 2 N–H and O–H groups in total. The molecule has 3 amide bonds. The maximum absolute atomic E-state index is 13.1. The largest absolute Gasteiger partial charge is 0.452 e. The van der Waals surface area contributed by atoms with Gasteiger partial charge in [0.1, 0.15) is 0 Å². The molecule has 10 nitrogen and oxygen atoms in total. The molecule has 0 unspecified atom stereocenters. The van der Waals surface area contributed by atoms with Gasteiger partial charge in [-0.15, -0.1) is 0 Å². The van der Waals surface area contributed by atoms with Gasteiger partial charge in [0.2, 0.25) is 0 Å². The number of carbonyl (C=O) groups is 3. The number of aromatic nitrogens is 1. The van der Waals surface area contributed by atoms with E-state index in [-0.39, 0.29) is 5.69 Å². The molecule has 3 aromatic rings. The number of nitrogens with zero attached hydrogens (tertiary/aromatic N) is 2. The summed E-state index contributed by atoms with van der Waals surface area (Å²) in [5.41, 5.74) is 4.01. The first-order chi connectivity index (χ1) is 16.9. The Kier molecular flexibility index (Phi) is 6.81. The zero-order valence-corrected chi connectivity index (χ0v) is 18.9. The van der Waals surface area contributed by atoms with E-state index in [1.807, 2.05) is 12.1 Å². The molecule has 0 aliphatic heterocycles. The molecule has 0 fully saturated rings. The molecule has 1 heterocycles. The van der Waals surface area contributed by atoms with Crippen LogP contribution in [0, 0.1) is 10.1 Å². The smallest absolute Gasteiger partial charge is 0.339 e. The first-order valence-corrected chi connectivity index (χ1v) is 10.9. The fraction of sp³-hybridized carbons (Fsp3) is 0.200. The number of fused-ring (bicyclic) bond motifs is 2. The Labute approximate surface area is 200 Å². The number of amides is 3. The summed E-state index contributed by atoms with van der Waals surface area (Å²) in [7, 11) is 1.37. The average Bonchev–Trinajstić information content (AvgIpc) is 2.86. The topological polar surface area (TPSA) is 141 Å². The van der Waals surface area contributed by atoms with Crippen molar-refractivity contribution in [3.63, 3.8) is 0 Å². The number of rotatable bonds is 5. The molecular weight excluding hydrogens is 452 g/mol. The van der Waals surface area contributed by atoms with E-state index in [2.05, 4.69) is 10.6 Å². The van der Waals surface area contributed by atoms with Crippen LogP contribution in [-0.4, -0.2) is 41.5 Å². The molecule has 0 radical (unpaired) electrons. The molecule has 1 aliphatic rings. The minimum atomic E-state index is -0.747. The van der Waals surface area contributed by atoms with Crippen LogP contribution in [0.4, 0.5) is 10.5 Å². The Hall–Kier alpha value is -4.60. The summed E-state index contributed by atoms with van der Waals surface area (Å²) in [6.07, 6.45) is 4.00. The molecule has 35 heavy (non-hydrogen) atoms. The van der Waals surface area contributed by atoms with Crippen molar-refractivity contribution in [3.8, 4) is 0 Å². The summed E-state index contributed by atoms with van der Waals surface area (Å²) < 4.78 is 5.26. The van der Waals surface area contributed by atoms with Crippen LogP contribution >= 0.6 is 0 Å². The monoisotopic (exact) mass is 474 g/mol. The number of nitrogens with one attached hydrogen (secondary N) is 2. The summed E-state index contributed by atoms with van der Waals surface area (Å²) in [5, 5.41) is 15.9. The molecule has 0 saturated heterocycles. The van der Waals surface area contributed by atoms with Gasteiger partial charge in [0.15, 0.2) is 6.61 Å². The van der Waals surface area contributed by atoms with Crippen LogP contribution in [0.2, 0.25) is 0 Å². The van der Waals surface area contributed by atoms with Gasteiger partial charge in [0, 0.05) is 24.6 Å². The minimum absolute atomic E-state index is 0.00537. The Balaban J connectivity index is 1.71. The molecule has 0 atom stereocenters. The van der Waals surface area contributed by atoms with Crippen molar-refractivity contribution in [2.75, 3.05) is 13.7 Å². The number of esters is 1. The number of ether oxygens (including phenoxy) is 1. The van der Waals surface area contributed by atoms with E-state index >= 15 is 0 Å². The molecular formula is C25H22N4O6. The van der Waals surface area contributed by atoms with Crippen molar-refractivity contribution >= 4 is 46.1 Å². The lowest BCUT2D eigenvalue weighted by atomic mass is 9.86. The molecule has 4 rings (SSSR count). The second kappa shape index (κ2) is 10.1. The lowest BCUT2D eigenvalue weighted by Crippen LogP contribution is -2.39. The average molecular weight is 474 g/mol. The van der Waals surface area contributed by atoms with Gasteiger partial charge < -0.3 is 10.1 Å². The third-order valence-corrected chi connectivity index (χ3v) is 5.63. The Morgan fingerprint density at radius 3 is 2.57 bits per heavy atom. The summed E-state index contributed by atoms with van der Waals surface area (Å²) >= 11 is 0.